The topological polar surface area (TPSA) is 20.2 Å². The lowest BCUT2D eigenvalue weighted by Crippen LogP contribution is -1.82. The second-order valence-electron chi connectivity index (χ2n) is 2.58. The molecule has 12 heavy (non-hydrogen) atoms. The quantitative estimate of drug-likeness (QED) is 0.822. The number of hydrogen-bond donors (Lipinski definition) is 1. The summed E-state index contributed by atoms with van der Waals surface area (Å²) in [5, 5.41) is 8.67. The lowest BCUT2D eigenvalue weighted by atomic mass is 10.1. The van der Waals surface area contributed by atoms with Crippen molar-refractivity contribution in [3.05, 3.63) is 39.5 Å². The number of aliphatic hydroxyl groups excluding tert-OH is 1. The average Bonchev–Trinajstić information content (AvgIpc) is 2.06. The lowest BCUT2D eigenvalue weighted by molar-refractivity contribution is 0.343. The van der Waals surface area contributed by atoms with Crippen LogP contribution in [-0.2, 0) is 0 Å². The monoisotopic (exact) mass is 274 g/mol. The van der Waals surface area contributed by atoms with Crippen LogP contribution in [0.3, 0.4) is 0 Å². The molecule has 0 amide bonds. The van der Waals surface area contributed by atoms with Crippen molar-refractivity contribution in [1.29, 1.82) is 0 Å². The third-order valence-corrected chi connectivity index (χ3v) is 2.42. The van der Waals surface area contributed by atoms with Gasteiger partial charge in [0, 0.05) is 3.57 Å². The van der Waals surface area contributed by atoms with Crippen molar-refractivity contribution in [1.82, 2.24) is 0 Å². The summed E-state index contributed by atoms with van der Waals surface area (Å²) in [6.45, 7) is 2.11. The van der Waals surface area contributed by atoms with Crippen LogP contribution in [0.25, 0.3) is 5.57 Å². The summed E-state index contributed by atoms with van der Waals surface area (Å²) in [6, 6.07) is 8.24. The number of benzene rings is 1. The second kappa shape index (κ2) is 4.62. The van der Waals surface area contributed by atoms with E-state index in [-0.39, 0.29) is 6.61 Å². The number of hydrogen-bond acceptors (Lipinski definition) is 1. The minimum absolute atomic E-state index is 0.109. The second-order valence-corrected chi connectivity index (χ2v) is 3.82. The minimum atomic E-state index is 0.109. The van der Waals surface area contributed by atoms with Crippen molar-refractivity contribution in [2.45, 2.75) is 6.92 Å². The summed E-state index contributed by atoms with van der Waals surface area (Å²) in [6.07, 6.45) is 1.81. The van der Waals surface area contributed by atoms with E-state index in [1.807, 2.05) is 13.0 Å². The first-order valence-corrected chi connectivity index (χ1v) is 4.85. The molecule has 0 heterocycles. The zero-order valence-electron chi connectivity index (χ0n) is 6.92. The van der Waals surface area contributed by atoms with Gasteiger partial charge in [0.1, 0.15) is 0 Å². The van der Waals surface area contributed by atoms with Crippen LogP contribution in [0.4, 0.5) is 0 Å². The van der Waals surface area contributed by atoms with E-state index in [9.17, 15) is 0 Å². The molecule has 1 aromatic rings. The van der Waals surface area contributed by atoms with E-state index in [0.29, 0.717) is 0 Å². The summed E-state index contributed by atoms with van der Waals surface area (Å²) < 4.78 is 1.23. The molecule has 0 saturated heterocycles. The van der Waals surface area contributed by atoms with Gasteiger partial charge in [-0.3, -0.25) is 0 Å². The van der Waals surface area contributed by atoms with Crippen LogP contribution in [0.15, 0.2) is 30.3 Å². The number of aliphatic hydroxyl groups is 1. The maximum atomic E-state index is 8.67. The molecular formula is C10H11IO. The van der Waals surface area contributed by atoms with E-state index in [1.54, 1.807) is 0 Å². The standard InChI is InChI=1S/C10H11IO/c1-8(6-7-12)9-2-4-10(11)5-3-9/h2-6,12H,7H2,1H3/b8-6-. The Morgan fingerprint density at radius 3 is 2.50 bits per heavy atom. The largest absolute Gasteiger partial charge is 0.392 e. The maximum absolute atomic E-state index is 8.67. The van der Waals surface area contributed by atoms with E-state index in [2.05, 4.69) is 46.9 Å². The van der Waals surface area contributed by atoms with Gasteiger partial charge < -0.3 is 5.11 Å². The smallest absolute Gasteiger partial charge is 0.0618 e. The molecule has 0 fully saturated rings. The van der Waals surface area contributed by atoms with Crippen molar-refractivity contribution < 1.29 is 5.11 Å². The summed E-state index contributed by atoms with van der Waals surface area (Å²) in [5.41, 5.74) is 2.29. The molecule has 0 aliphatic rings. The van der Waals surface area contributed by atoms with Gasteiger partial charge in [0.15, 0.2) is 0 Å². The first-order chi connectivity index (χ1) is 5.74. The Balaban J connectivity index is 2.89. The Morgan fingerprint density at radius 2 is 2.00 bits per heavy atom. The molecule has 0 aliphatic carbocycles. The summed E-state index contributed by atoms with van der Waals surface area (Å²) in [4.78, 5) is 0. The molecule has 1 rings (SSSR count). The van der Waals surface area contributed by atoms with Gasteiger partial charge >= 0.3 is 0 Å². The van der Waals surface area contributed by atoms with Gasteiger partial charge in [-0.2, -0.15) is 0 Å². The normalized spacial score (nSPS) is 11.8. The molecule has 1 aromatic carbocycles. The van der Waals surface area contributed by atoms with E-state index in [1.165, 1.54) is 9.13 Å². The zero-order chi connectivity index (χ0) is 8.97. The SMILES string of the molecule is C/C(=C/CO)c1ccc(I)cc1. The molecule has 1 N–H and O–H groups in total. The Morgan fingerprint density at radius 1 is 1.42 bits per heavy atom. The lowest BCUT2D eigenvalue weighted by Gasteiger charge is -2.00. The first kappa shape index (κ1) is 9.74. The van der Waals surface area contributed by atoms with Crippen molar-refractivity contribution in [3.8, 4) is 0 Å². The van der Waals surface area contributed by atoms with Gasteiger partial charge in [-0.15, -0.1) is 0 Å². The number of halogens is 1. The van der Waals surface area contributed by atoms with Gasteiger partial charge in [0.25, 0.3) is 0 Å². The molecule has 0 atom stereocenters. The highest BCUT2D eigenvalue weighted by atomic mass is 127. The molecule has 2 heteroatoms. The fourth-order valence-electron chi connectivity index (χ4n) is 0.968. The van der Waals surface area contributed by atoms with Gasteiger partial charge in [-0.25, -0.2) is 0 Å². The van der Waals surface area contributed by atoms with Gasteiger partial charge in [-0.05, 0) is 52.8 Å². The average molecular weight is 274 g/mol. The van der Waals surface area contributed by atoms with Crippen LogP contribution in [0.5, 0.6) is 0 Å². The summed E-state index contributed by atoms with van der Waals surface area (Å²) >= 11 is 2.27. The molecule has 0 radical (unpaired) electrons. The predicted molar refractivity (Wildman–Crippen MR) is 59.9 cm³/mol. The Bertz CT molecular complexity index is 274. The molecule has 0 saturated carbocycles. The van der Waals surface area contributed by atoms with Gasteiger partial charge in [0.05, 0.1) is 6.61 Å². The van der Waals surface area contributed by atoms with Crippen molar-refractivity contribution >= 4 is 28.2 Å². The third-order valence-electron chi connectivity index (χ3n) is 1.70. The van der Waals surface area contributed by atoms with Crippen molar-refractivity contribution in [2.75, 3.05) is 6.61 Å². The van der Waals surface area contributed by atoms with Crippen LogP contribution in [0, 0.1) is 3.57 Å². The first-order valence-electron chi connectivity index (χ1n) is 3.77. The van der Waals surface area contributed by atoms with Crippen LogP contribution in [0.2, 0.25) is 0 Å². The predicted octanol–water partition coefficient (Wildman–Crippen LogP) is 2.69. The molecule has 0 aromatic heterocycles. The van der Waals surface area contributed by atoms with E-state index in [0.717, 1.165) is 5.57 Å². The Hall–Kier alpha value is -0.350. The molecule has 1 nitrogen and oxygen atoms in total. The van der Waals surface area contributed by atoms with Crippen LogP contribution in [-0.4, -0.2) is 11.7 Å². The Kier molecular flexibility index (Phi) is 3.75. The molecule has 0 bridgehead atoms. The van der Waals surface area contributed by atoms with Gasteiger partial charge in [-0.1, -0.05) is 18.2 Å². The van der Waals surface area contributed by atoms with Crippen molar-refractivity contribution in [2.24, 2.45) is 0 Å². The van der Waals surface area contributed by atoms with Crippen molar-refractivity contribution in [3.63, 3.8) is 0 Å². The van der Waals surface area contributed by atoms with E-state index >= 15 is 0 Å². The van der Waals surface area contributed by atoms with E-state index in [4.69, 9.17) is 5.11 Å². The van der Waals surface area contributed by atoms with Crippen LogP contribution >= 0.6 is 22.6 Å². The van der Waals surface area contributed by atoms with Gasteiger partial charge in [0.2, 0.25) is 0 Å². The van der Waals surface area contributed by atoms with Crippen LogP contribution in [0.1, 0.15) is 12.5 Å². The zero-order valence-corrected chi connectivity index (χ0v) is 9.08. The number of rotatable bonds is 2. The molecular weight excluding hydrogens is 263 g/mol. The molecule has 0 aliphatic heterocycles. The minimum Gasteiger partial charge on any atom is -0.392 e. The number of allylic oxidation sites excluding steroid dienone is 1. The molecule has 0 spiro atoms. The highest BCUT2D eigenvalue weighted by molar-refractivity contribution is 14.1. The van der Waals surface area contributed by atoms with E-state index < -0.39 is 0 Å². The molecule has 0 unspecified atom stereocenters. The molecule has 64 valence electrons. The summed E-state index contributed by atoms with van der Waals surface area (Å²) in [7, 11) is 0. The highest BCUT2D eigenvalue weighted by Gasteiger charge is 1.93. The fraction of sp³-hybridized carbons (Fsp3) is 0.200. The fourth-order valence-corrected chi connectivity index (χ4v) is 1.33. The third kappa shape index (κ3) is 2.60. The highest BCUT2D eigenvalue weighted by Crippen LogP contribution is 2.14. The Labute approximate surface area is 86.3 Å². The maximum Gasteiger partial charge on any atom is 0.0618 e. The van der Waals surface area contributed by atoms with Crippen LogP contribution < -0.4 is 0 Å². The summed E-state index contributed by atoms with van der Waals surface area (Å²) in [5.74, 6) is 0.